The van der Waals surface area contributed by atoms with Gasteiger partial charge in [0.15, 0.2) is 5.69 Å². The maximum absolute atomic E-state index is 13.9. The number of amides is 1. The summed E-state index contributed by atoms with van der Waals surface area (Å²) < 4.78 is 21.1. The summed E-state index contributed by atoms with van der Waals surface area (Å²) in [5.41, 5.74) is 0.119. The van der Waals surface area contributed by atoms with Gasteiger partial charge in [0, 0.05) is 6.07 Å². The molecule has 3 rings (SSSR count). The number of rotatable bonds is 9. The van der Waals surface area contributed by atoms with Gasteiger partial charge in [0.25, 0.3) is 5.91 Å². The minimum absolute atomic E-state index is 0.0484. The van der Waals surface area contributed by atoms with Gasteiger partial charge in [0.1, 0.15) is 18.0 Å². The highest BCUT2D eigenvalue weighted by Gasteiger charge is 2.36. The van der Waals surface area contributed by atoms with E-state index < -0.39 is 34.8 Å². The molecule has 0 spiro atoms. The standard InChI is InChI=1S/C27H32FN3O5/c1-17-8-6-9-18(12-17)21(15-24(32)33)29-25(34)22-14-23(36-16-27(5,35)26(2,3)4)31(30-22)20-11-7-10-19(28)13-20/h6-14,21,35H,15-16H2,1-5H3,(H,29,34)(H,32,33)/t21-,27+/m0/s1. The number of nitrogens with one attached hydrogen (secondary N) is 1. The van der Waals surface area contributed by atoms with E-state index in [1.54, 1.807) is 25.1 Å². The fourth-order valence-electron chi connectivity index (χ4n) is 3.35. The molecule has 3 aromatic rings. The zero-order chi connectivity index (χ0) is 26.7. The number of hydrogen-bond donors (Lipinski definition) is 3. The molecule has 1 heterocycles. The van der Waals surface area contributed by atoms with Crippen LogP contribution in [0.2, 0.25) is 0 Å². The van der Waals surface area contributed by atoms with Gasteiger partial charge in [-0.2, -0.15) is 5.10 Å². The number of carboxylic acid groups (broad SMARTS) is 1. The normalized spacial score (nSPS) is 14.1. The van der Waals surface area contributed by atoms with Crippen LogP contribution in [0.4, 0.5) is 4.39 Å². The first kappa shape index (κ1) is 26.9. The molecule has 0 fully saturated rings. The van der Waals surface area contributed by atoms with Crippen molar-refractivity contribution in [3.63, 3.8) is 0 Å². The van der Waals surface area contributed by atoms with Crippen molar-refractivity contribution in [3.8, 4) is 11.6 Å². The van der Waals surface area contributed by atoms with E-state index in [4.69, 9.17) is 4.74 Å². The third-order valence-electron chi connectivity index (χ3n) is 6.21. The zero-order valence-corrected chi connectivity index (χ0v) is 21.1. The molecule has 0 saturated heterocycles. The summed E-state index contributed by atoms with van der Waals surface area (Å²) in [5.74, 6) is -2.06. The molecule has 0 aliphatic rings. The second-order valence-corrected chi connectivity index (χ2v) is 10.1. The average molecular weight is 498 g/mol. The molecule has 0 saturated carbocycles. The molecule has 0 unspecified atom stereocenters. The zero-order valence-electron chi connectivity index (χ0n) is 21.1. The van der Waals surface area contributed by atoms with Crippen molar-refractivity contribution >= 4 is 11.9 Å². The Labute approximate surface area is 209 Å². The van der Waals surface area contributed by atoms with Crippen molar-refractivity contribution in [2.75, 3.05) is 6.61 Å². The van der Waals surface area contributed by atoms with Crippen LogP contribution in [0.15, 0.2) is 54.6 Å². The molecule has 0 radical (unpaired) electrons. The van der Waals surface area contributed by atoms with Crippen molar-refractivity contribution in [1.29, 1.82) is 0 Å². The first-order valence-corrected chi connectivity index (χ1v) is 11.6. The summed E-state index contributed by atoms with van der Waals surface area (Å²) in [7, 11) is 0. The molecule has 0 aliphatic heterocycles. The van der Waals surface area contributed by atoms with Crippen LogP contribution in [0, 0.1) is 18.2 Å². The predicted molar refractivity (Wildman–Crippen MR) is 133 cm³/mol. The summed E-state index contributed by atoms with van der Waals surface area (Å²) in [6, 6.07) is 13.4. The number of hydrogen-bond acceptors (Lipinski definition) is 5. The van der Waals surface area contributed by atoms with E-state index >= 15 is 0 Å². The molecule has 0 bridgehead atoms. The lowest BCUT2D eigenvalue weighted by Gasteiger charge is -2.36. The molecule has 8 nitrogen and oxygen atoms in total. The number of aliphatic hydroxyl groups is 1. The Balaban J connectivity index is 1.95. The third kappa shape index (κ3) is 6.48. The van der Waals surface area contributed by atoms with Crippen LogP contribution in [0.25, 0.3) is 5.69 Å². The molecule has 3 N–H and O–H groups in total. The van der Waals surface area contributed by atoms with E-state index in [1.165, 1.54) is 28.9 Å². The monoisotopic (exact) mass is 497 g/mol. The number of aliphatic carboxylic acids is 1. The summed E-state index contributed by atoms with van der Waals surface area (Å²) in [5, 5.41) is 27.3. The Kier molecular flexibility index (Phi) is 7.83. The lowest BCUT2D eigenvalue weighted by molar-refractivity contribution is -0.137. The van der Waals surface area contributed by atoms with Crippen LogP contribution in [-0.2, 0) is 4.79 Å². The fraction of sp³-hybridized carbons (Fsp3) is 0.370. The van der Waals surface area contributed by atoms with Crippen molar-refractivity contribution in [2.45, 2.75) is 52.7 Å². The summed E-state index contributed by atoms with van der Waals surface area (Å²) in [4.78, 5) is 24.6. The van der Waals surface area contributed by atoms with Gasteiger partial charge < -0.3 is 20.3 Å². The molecular formula is C27H32FN3O5. The molecule has 0 aliphatic carbocycles. The third-order valence-corrected chi connectivity index (χ3v) is 6.21. The molecule has 9 heteroatoms. The van der Waals surface area contributed by atoms with Gasteiger partial charge in [0.05, 0.1) is 18.2 Å². The highest BCUT2D eigenvalue weighted by atomic mass is 19.1. The number of aromatic nitrogens is 2. The van der Waals surface area contributed by atoms with Crippen molar-refractivity contribution in [2.24, 2.45) is 5.41 Å². The van der Waals surface area contributed by atoms with Crippen molar-refractivity contribution in [1.82, 2.24) is 15.1 Å². The highest BCUT2D eigenvalue weighted by molar-refractivity contribution is 5.93. The molecular weight excluding hydrogens is 465 g/mol. The van der Waals surface area contributed by atoms with Crippen LogP contribution in [0.5, 0.6) is 5.88 Å². The Morgan fingerprint density at radius 2 is 1.81 bits per heavy atom. The topological polar surface area (TPSA) is 114 Å². The average Bonchev–Trinajstić information content (AvgIpc) is 3.21. The molecule has 1 aromatic heterocycles. The largest absolute Gasteiger partial charge is 0.481 e. The van der Waals surface area contributed by atoms with E-state index in [9.17, 15) is 24.2 Å². The molecule has 192 valence electrons. The van der Waals surface area contributed by atoms with E-state index in [1.807, 2.05) is 39.8 Å². The van der Waals surface area contributed by atoms with Crippen LogP contribution in [0.3, 0.4) is 0 Å². The van der Waals surface area contributed by atoms with Crippen LogP contribution in [0.1, 0.15) is 61.8 Å². The Morgan fingerprint density at radius 1 is 1.11 bits per heavy atom. The minimum Gasteiger partial charge on any atom is -0.481 e. The van der Waals surface area contributed by atoms with Gasteiger partial charge >= 0.3 is 5.97 Å². The quantitative estimate of drug-likeness (QED) is 0.403. The first-order chi connectivity index (χ1) is 16.8. The van der Waals surface area contributed by atoms with Gasteiger partial charge in [-0.25, -0.2) is 9.07 Å². The van der Waals surface area contributed by atoms with Gasteiger partial charge in [-0.15, -0.1) is 0 Å². The van der Waals surface area contributed by atoms with Gasteiger partial charge in [0.2, 0.25) is 5.88 Å². The maximum atomic E-state index is 13.9. The van der Waals surface area contributed by atoms with Gasteiger partial charge in [-0.1, -0.05) is 56.7 Å². The van der Waals surface area contributed by atoms with Crippen LogP contribution >= 0.6 is 0 Å². The van der Waals surface area contributed by atoms with Crippen molar-refractivity contribution in [3.05, 3.63) is 77.2 Å². The first-order valence-electron chi connectivity index (χ1n) is 11.6. The lowest BCUT2D eigenvalue weighted by atomic mass is 9.78. The molecule has 2 atom stereocenters. The summed E-state index contributed by atoms with van der Waals surface area (Å²) >= 11 is 0. The minimum atomic E-state index is -1.22. The lowest BCUT2D eigenvalue weighted by Crippen LogP contribution is -2.45. The fourth-order valence-corrected chi connectivity index (χ4v) is 3.35. The number of carbonyl (C=O) groups excluding carboxylic acids is 1. The number of benzene rings is 2. The van der Waals surface area contributed by atoms with Crippen molar-refractivity contribution < 1.29 is 28.9 Å². The van der Waals surface area contributed by atoms with E-state index in [0.29, 0.717) is 11.3 Å². The number of ether oxygens (including phenoxy) is 1. The number of carbonyl (C=O) groups is 2. The molecule has 36 heavy (non-hydrogen) atoms. The number of halogens is 1. The molecule has 1 amide bonds. The SMILES string of the molecule is Cc1cccc([C@H](CC(=O)O)NC(=O)c2cc(OC[C@@](C)(O)C(C)(C)C)n(-c3cccc(F)c3)n2)c1. The van der Waals surface area contributed by atoms with Crippen LogP contribution in [-0.4, -0.2) is 44.1 Å². The van der Waals surface area contributed by atoms with Crippen LogP contribution < -0.4 is 10.1 Å². The predicted octanol–water partition coefficient (Wildman–Crippen LogP) is 4.44. The van der Waals surface area contributed by atoms with Gasteiger partial charge in [-0.05, 0) is 43.0 Å². The smallest absolute Gasteiger partial charge is 0.305 e. The number of nitrogens with zero attached hydrogens (tertiary/aromatic N) is 2. The highest BCUT2D eigenvalue weighted by Crippen LogP contribution is 2.31. The second kappa shape index (κ2) is 10.5. The van der Waals surface area contributed by atoms with Gasteiger partial charge in [-0.3, -0.25) is 9.59 Å². The Morgan fingerprint density at radius 3 is 2.42 bits per heavy atom. The number of carboxylic acids is 1. The Hall–Kier alpha value is -3.72. The van der Waals surface area contributed by atoms with E-state index in [-0.39, 0.29) is 24.6 Å². The number of aryl methyl sites for hydroxylation is 1. The summed E-state index contributed by atoms with van der Waals surface area (Å²) in [6.45, 7) is 9.01. The van der Waals surface area contributed by atoms with E-state index in [0.717, 1.165) is 5.56 Å². The Bertz CT molecular complexity index is 1250. The maximum Gasteiger partial charge on any atom is 0.305 e. The van der Waals surface area contributed by atoms with E-state index in [2.05, 4.69) is 10.4 Å². The molecule has 2 aromatic carbocycles. The second-order valence-electron chi connectivity index (χ2n) is 10.1. The summed E-state index contributed by atoms with van der Waals surface area (Å²) in [6.07, 6.45) is -0.322.